The summed E-state index contributed by atoms with van der Waals surface area (Å²) in [5.74, 6) is 0. The van der Waals surface area contributed by atoms with Crippen molar-refractivity contribution >= 4 is 92.3 Å². The lowest BCUT2D eigenvalue weighted by Crippen LogP contribution is -2.10. The Balaban J connectivity index is 0.967. The largest absolute Gasteiger partial charge is 0.456 e. The molecule has 0 N–H and O–H groups in total. The molecule has 4 heteroatoms. The number of furan rings is 1. The van der Waals surface area contributed by atoms with Crippen LogP contribution in [0.25, 0.3) is 91.9 Å². The van der Waals surface area contributed by atoms with Gasteiger partial charge in [0.25, 0.3) is 0 Å². The molecule has 0 spiro atoms. The van der Waals surface area contributed by atoms with E-state index >= 15 is 0 Å². The van der Waals surface area contributed by atoms with Crippen LogP contribution in [0.3, 0.4) is 0 Å². The van der Waals surface area contributed by atoms with Gasteiger partial charge in [-0.05, 0) is 113 Å². The van der Waals surface area contributed by atoms with Gasteiger partial charge in [0.15, 0.2) is 0 Å². The van der Waals surface area contributed by atoms with Gasteiger partial charge in [0, 0.05) is 64.5 Å². The van der Waals surface area contributed by atoms with Crippen LogP contribution in [-0.4, -0.2) is 4.57 Å². The fourth-order valence-corrected chi connectivity index (χ4v) is 9.89. The molecule has 3 nitrogen and oxygen atoms in total. The van der Waals surface area contributed by atoms with Crippen molar-refractivity contribution in [2.45, 2.75) is 0 Å². The van der Waals surface area contributed by atoms with Crippen LogP contribution in [0.5, 0.6) is 0 Å². The van der Waals surface area contributed by atoms with E-state index in [4.69, 9.17) is 4.42 Å². The standard InChI is InChI=1S/C54H34N2OS/c1-2-10-35(11-3-1)36-18-23-39(24-19-36)55(40-25-20-37(21-26-40)38-22-31-54-48(32-38)45-14-6-9-17-53(45)58-54)41-27-29-42(30-28-41)56-49-15-7-4-12-43(49)46-34-52-47(33-50(46)56)44-13-5-8-16-51(44)57-52/h1-34H. The van der Waals surface area contributed by atoms with Crippen LogP contribution in [0.4, 0.5) is 17.1 Å². The van der Waals surface area contributed by atoms with Crippen molar-refractivity contribution in [3.8, 4) is 27.9 Å². The van der Waals surface area contributed by atoms with Gasteiger partial charge in [-0.3, -0.25) is 0 Å². The van der Waals surface area contributed by atoms with E-state index in [0.717, 1.165) is 50.2 Å². The number of anilines is 3. The third-order valence-corrected chi connectivity index (χ3v) is 12.8. The van der Waals surface area contributed by atoms with Crippen molar-refractivity contribution in [1.82, 2.24) is 4.57 Å². The van der Waals surface area contributed by atoms with Crippen molar-refractivity contribution in [2.24, 2.45) is 0 Å². The first-order chi connectivity index (χ1) is 28.7. The molecule has 58 heavy (non-hydrogen) atoms. The minimum Gasteiger partial charge on any atom is -0.456 e. The second-order valence-electron chi connectivity index (χ2n) is 14.9. The Morgan fingerprint density at radius 3 is 1.67 bits per heavy atom. The number of rotatable bonds is 6. The van der Waals surface area contributed by atoms with E-state index in [2.05, 4.69) is 204 Å². The van der Waals surface area contributed by atoms with E-state index in [1.807, 2.05) is 23.5 Å². The number of nitrogens with zero attached hydrogens (tertiary/aromatic N) is 2. The van der Waals surface area contributed by atoms with Crippen LogP contribution < -0.4 is 4.90 Å². The zero-order valence-electron chi connectivity index (χ0n) is 31.3. The number of para-hydroxylation sites is 2. The molecule has 12 rings (SSSR count). The lowest BCUT2D eigenvalue weighted by atomic mass is 10.0. The fourth-order valence-electron chi connectivity index (χ4n) is 8.81. The molecule has 0 radical (unpaired) electrons. The van der Waals surface area contributed by atoms with Crippen molar-refractivity contribution in [1.29, 1.82) is 0 Å². The van der Waals surface area contributed by atoms with Crippen LogP contribution in [0, 0.1) is 0 Å². The predicted molar refractivity (Wildman–Crippen MR) is 247 cm³/mol. The molecule has 0 amide bonds. The molecule has 0 saturated heterocycles. The molecule has 0 aliphatic heterocycles. The number of fused-ring (bicyclic) bond motifs is 9. The summed E-state index contributed by atoms with van der Waals surface area (Å²) in [6.07, 6.45) is 0. The number of hydrogen-bond acceptors (Lipinski definition) is 3. The molecular weight excluding hydrogens is 725 g/mol. The summed E-state index contributed by atoms with van der Waals surface area (Å²) in [6, 6.07) is 74.5. The SMILES string of the molecule is c1ccc(-c2ccc(N(c3ccc(-c4ccc5sc6ccccc6c5c4)cc3)c3ccc(-n4c5ccccc5c5cc6oc7ccccc7c6cc54)cc3)cc2)cc1. The monoisotopic (exact) mass is 758 g/mol. The minimum atomic E-state index is 0.910. The molecule has 3 aromatic heterocycles. The lowest BCUT2D eigenvalue weighted by molar-refractivity contribution is 0.669. The minimum absolute atomic E-state index is 0.910. The molecule has 0 saturated carbocycles. The summed E-state index contributed by atoms with van der Waals surface area (Å²) < 4.78 is 11.4. The molecule has 12 aromatic rings. The molecular formula is C54H34N2OS. The molecule has 0 aliphatic rings. The highest BCUT2D eigenvalue weighted by atomic mass is 32.1. The highest BCUT2D eigenvalue weighted by Gasteiger charge is 2.18. The van der Waals surface area contributed by atoms with Crippen LogP contribution in [0.1, 0.15) is 0 Å². The van der Waals surface area contributed by atoms with E-state index in [0.29, 0.717) is 0 Å². The van der Waals surface area contributed by atoms with E-state index < -0.39 is 0 Å². The Morgan fingerprint density at radius 2 is 0.914 bits per heavy atom. The quantitative estimate of drug-likeness (QED) is 0.168. The Labute approximate surface area is 338 Å². The lowest BCUT2D eigenvalue weighted by Gasteiger charge is -2.26. The summed E-state index contributed by atoms with van der Waals surface area (Å²) in [6.45, 7) is 0. The summed E-state index contributed by atoms with van der Waals surface area (Å²) >= 11 is 1.86. The van der Waals surface area contributed by atoms with Crippen molar-refractivity contribution < 1.29 is 4.42 Å². The van der Waals surface area contributed by atoms with E-state index in [-0.39, 0.29) is 0 Å². The van der Waals surface area contributed by atoms with Gasteiger partial charge >= 0.3 is 0 Å². The van der Waals surface area contributed by atoms with E-state index in [9.17, 15) is 0 Å². The Kier molecular flexibility index (Phi) is 7.40. The second kappa shape index (κ2) is 13.1. The van der Waals surface area contributed by atoms with Gasteiger partial charge in [0.2, 0.25) is 0 Å². The Morgan fingerprint density at radius 1 is 0.345 bits per heavy atom. The van der Waals surface area contributed by atoms with Gasteiger partial charge in [0.1, 0.15) is 11.2 Å². The van der Waals surface area contributed by atoms with Crippen LogP contribution >= 0.6 is 11.3 Å². The maximum atomic E-state index is 6.33. The van der Waals surface area contributed by atoms with Crippen LogP contribution in [-0.2, 0) is 0 Å². The topological polar surface area (TPSA) is 21.3 Å². The van der Waals surface area contributed by atoms with Crippen molar-refractivity contribution in [3.05, 3.63) is 206 Å². The van der Waals surface area contributed by atoms with Gasteiger partial charge in [-0.15, -0.1) is 11.3 Å². The molecule has 0 aliphatic carbocycles. The zero-order chi connectivity index (χ0) is 38.2. The first-order valence-electron chi connectivity index (χ1n) is 19.7. The average molecular weight is 759 g/mol. The normalized spacial score (nSPS) is 11.8. The van der Waals surface area contributed by atoms with E-state index in [1.165, 1.54) is 58.7 Å². The summed E-state index contributed by atoms with van der Waals surface area (Å²) in [4.78, 5) is 2.35. The summed E-state index contributed by atoms with van der Waals surface area (Å²) in [7, 11) is 0. The summed E-state index contributed by atoms with van der Waals surface area (Å²) in [5.41, 5.74) is 13.3. The molecule has 0 bridgehead atoms. The van der Waals surface area contributed by atoms with Gasteiger partial charge < -0.3 is 13.9 Å². The number of hydrogen-bond donors (Lipinski definition) is 0. The molecule has 9 aromatic carbocycles. The Bertz CT molecular complexity index is 3480. The maximum absolute atomic E-state index is 6.33. The maximum Gasteiger partial charge on any atom is 0.136 e. The molecule has 272 valence electrons. The van der Waals surface area contributed by atoms with Crippen LogP contribution in [0.2, 0.25) is 0 Å². The van der Waals surface area contributed by atoms with Crippen LogP contribution in [0.15, 0.2) is 211 Å². The number of benzene rings is 9. The highest BCUT2D eigenvalue weighted by molar-refractivity contribution is 7.25. The van der Waals surface area contributed by atoms with Gasteiger partial charge in [-0.25, -0.2) is 0 Å². The molecule has 0 atom stereocenters. The third-order valence-electron chi connectivity index (χ3n) is 11.6. The molecule has 0 fully saturated rings. The van der Waals surface area contributed by atoms with Crippen molar-refractivity contribution in [3.63, 3.8) is 0 Å². The van der Waals surface area contributed by atoms with Gasteiger partial charge in [-0.1, -0.05) is 115 Å². The smallest absolute Gasteiger partial charge is 0.136 e. The fraction of sp³-hybridized carbons (Fsp3) is 0. The second-order valence-corrected chi connectivity index (χ2v) is 16.0. The third kappa shape index (κ3) is 5.27. The first-order valence-corrected chi connectivity index (χ1v) is 20.5. The average Bonchev–Trinajstić information content (AvgIpc) is 3.95. The number of thiophene rings is 1. The number of aromatic nitrogens is 1. The zero-order valence-corrected chi connectivity index (χ0v) is 32.2. The van der Waals surface area contributed by atoms with E-state index in [1.54, 1.807) is 0 Å². The molecule has 0 unspecified atom stereocenters. The Hall–Kier alpha value is -7.40. The predicted octanol–water partition coefficient (Wildman–Crippen LogP) is 15.9. The molecule has 3 heterocycles. The van der Waals surface area contributed by atoms with Gasteiger partial charge in [0.05, 0.1) is 11.0 Å². The van der Waals surface area contributed by atoms with Gasteiger partial charge in [-0.2, -0.15) is 0 Å². The van der Waals surface area contributed by atoms with Crippen molar-refractivity contribution in [2.75, 3.05) is 4.90 Å². The first kappa shape index (κ1) is 32.8. The summed E-state index contributed by atoms with van der Waals surface area (Å²) in [5, 5.41) is 7.27. The highest BCUT2D eigenvalue weighted by Crippen LogP contribution is 2.42.